The Kier molecular flexibility index (Phi) is 2.51. The van der Waals surface area contributed by atoms with Gasteiger partial charge in [0.2, 0.25) is 0 Å². The Hall–Kier alpha value is -1.17. The molecule has 0 atom stereocenters. The van der Waals surface area contributed by atoms with Gasteiger partial charge in [-0.15, -0.1) is 0 Å². The van der Waals surface area contributed by atoms with Crippen LogP contribution < -0.4 is 5.73 Å². The monoisotopic (exact) mass is 248 g/mol. The lowest BCUT2D eigenvalue weighted by molar-refractivity contribution is 0.0691. The molecule has 0 aliphatic rings. The predicted octanol–water partition coefficient (Wildman–Crippen LogP) is 1.57. The second-order valence-electron chi connectivity index (χ2n) is 2.41. The van der Waals surface area contributed by atoms with Crippen LogP contribution in [0, 0.1) is 12.7 Å². The third kappa shape index (κ3) is 1.62. The van der Waals surface area contributed by atoms with E-state index in [-0.39, 0.29) is 21.5 Å². The van der Waals surface area contributed by atoms with Gasteiger partial charge in [0.05, 0.1) is 5.69 Å². The Morgan fingerprint density at radius 2 is 2.23 bits per heavy atom. The standard InChI is InChI=1S/C7H6BrFN2O2/c1-2-3(9)6(8)11-5(4(2)10)7(12)13/h10H2,1H3,(H,12,13). The van der Waals surface area contributed by atoms with Gasteiger partial charge in [-0.2, -0.15) is 0 Å². The number of halogens is 2. The van der Waals surface area contributed by atoms with Crippen molar-refractivity contribution in [3.8, 4) is 0 Å². The molecule has 0 saturated heterocycles. The molecule has 13 heavy (non-hydrogen) atoms. The highest BCUT2D eigenvalue weighted by Gasteiger charge is 2.17. The van der Waals surface area contributed by atoms with Gasteiger partial charge >= 0.3 is 5.97 Å². The fourth-order valence-corrected chi connectivity index (χ4v) is 1.30. The largest absolute Gasteiger partial charge is 0.476 e. The molecule has 6 heteroatoms. The van der Waals surface area contributed by atoms with Gasteiger partial charge in [0, 0.05) is 5.56 Å². The highest BCUT2D eigenvalue weighted by Crippen LogP contribution is 2.23. The van der Waals surface area contributed by atoms with Crippen molar-refractivity contribution < 1.29 is 14.3 Å². The summed E-state index contributed by atoms with van der Waals surface area (Å²) in [7, 11) is 0. The van der Waals surface area contributed by atoms with Gasteiger partial charge in [0.1, 0.15) is 4.60 Å². The molecule has 0 bridgehead atoms. The number of aromatic carboxylic acids is 1. The van der Waals surface area contributed by atoms with E-state index in [2.05, 4.69) is 20.9 Å². The van der Waals surface area contributed by atoms with E-state index in [1.165, 1.54) is 6.92 Å². The summed E-state index contributed by atoms with van der Waals surface area (Å²) in [6, 6.07) is 0. The van der Waals surface area contributed by atoms with Crippen molar-refractivity contribution in [2.45, 2.75) is 6.92 Å². The molecule has 0 aliphatic heterocycles. The van der Waals surface area contributed by atoms with E-state index in [1.54, 1.807) is 0 Å². The van der Waals surface area contributed by atoms with Crippen LogP contribution in [0.25, 0.3) is 0 Å². The third-order valence-electron chi connectivity index (χ3n) is 1.58. The zero-order chi connectivity index (χ0) is 10.2. The lowest BCUT2D eigenvalue weighted by atomic mass is 10.2. The molecule has 0 radical (unpaired) electrons. The van der Waals surface area contributed by atoms with E-state index in [0.717, 1.165) is 0 Å². The number of rotatable bonds is 1. The minimum atomic E-state index is -1.28. The topological polar surface area (TPSA) is 76.2 Å². The van der Waals surface area contributed by atoms with Gasteiger partial charge in [-0.25, -0.2) is 14.2 Å². The maximum Gasteiger partial charge on any atom is 0.356 e. The van der Waals surface area contributed by atoms with Crippen molar-refractivity contribution in [1.29, 1.82) is 0 Å². The molecule has 0 aliphatic carbocycles. The van der Waals surface area contributed by atoms with Crippen LogP contribution in [-0.4, -0.2) is 16.1 Å². The van der Waals surface area contributed by atoms with Gasteiger partial charge in [0.25, 0.3) is 0 Å². The van der Waals surface area contributed by atoms with Crippen molar-refractivity contribution >= 4 is 27.6 Å². The number of nitrogens with two attached hydrogens (primary N) is 1. The summed E-state index contributed by atoms with van der Waals surface area (Å²) >= 11 is 2.79. The number of pyridine rings is 1. The first-order valence-electron chi connectivity index (χ1n) is 3.29. The molecule has 70 valence electrons. The summed E-state index contributed by atoms with van der Waals surface area (Å²) in [5.74, 6) is -1.91. The first-order valence-corrected chi connectivity index (χ1v) is 4.08. The zero-order valence-electron chi connectivity index (χ0n) is 6.64. The van der Waals surface area contributed by atoms with Gasteiger partial charge in [-0.05, 0) is 22.9 Å². The molecule has 0 amide bonds. The maximum absolute atomic E-state index is 13.1. The average Bonchev–Trinajstić information content (AvgIpc) is 2.07. The first-order chi connectivity index (χ1) is 5.95. The Morgan fingerprint density at radius 1 is 1.69 bits per heavy atom. The summed E-state index contributed by atoms with van der Waals surface area (Å²) in [5.41, 5.74) is 4.94. The van der Waals surface area contributed by atoms with Crippen molar-refractivity contribution in [3.05, 3.63) is 21.7 Å². The van der Waals surface area contributed by atoms with E-state index in [1.807, 2.05) is 0 Å². The molecule has 1 aromatic rings. The predicted molar refractivity (Wildman–Crippen MR) is 48.0 cm³/mol. The van der Waals surface area contributed by atoms with Crippen molar-refractivity contribution in [1.82, 2.24) is 4.98 Å². The Balaban J connectivity index is 3.50. The summed E-state index contributed by atoms with van der Waals surface area (Å²) in [6.07, 6.45) is 0. The van der Waals surface area contributed by atoms with Crippen molar-refractivity contribution in [3.63, 3.8) is 0 Å². The second kappa shape index (κ2) is 3.29. The molecule has 3 N–H and O–H groups in total. The molecular formula is C7H6BrFN2O2. The normalized spacial score (nSPS) is 10.1. The molecule has 0 aromatic carbocycles. The van der Waals surface area contributed by atoms with E-state index in [9.17, 15) is 9.18 Å². The summed E-state index contributed by atoms with van der Waals surface area (Å²) in [6.45, 7) is 1.39. The molecule has 4 nitrogen and oxygen atoms in total. The molecular weight excluding hydrogens is 243 g/mol. The van der Waals surface area contributed by atoms with E-state index in [4.69, 9.17) is 10.8 Å². The minimum absolute atomic E-state index is 0.0827. The van der Waals surface area contributed by atoms with Gasteiger partial charge in [-0.1, -0.05) is 0 Å². The first kappa shape index (κ1) is 9.91. The van der Waals surface area contributed by atoms with Crippen molar-refractivity contribution in [2.75, 3.05) is 5.73 Å². The van der Waals surface area contributed by atoms with Crippen molar-refractivity contribution in [2.24, 2.45) is 0 Å². The number of carboxylic acid groups (broad SMARTS) is 1. The van der Waals surface area contributed by atoms with Crippen LogP contribution in [0.4, 0.5) is 10.1 Å². The number of nitrogen functional groups attached to an aromatic ring is 1. The average molecular weight is 249 g/mol. The number of anilines is 1. The third-order valence-corrected chi connectivity index (χ3v) is 2.11. The SMILES string of the molecule is Cc1c(N)c(C(=O)O)nc(Br)c1F. The summed E-state index contributed by atoms with van der Waals surface area (Å²) in [4.78, 5) is 14.0. The quantitative estimate of drug-likeness (QED) is 0.740. The number of aromatic nitrogens is 1. The molecule has 0 fully saturated rings. The molecule has 1 heterocycles. The maximum atomic E-state index is 13.1. The molecule has 1 rings (SSSR count). The van der Waals surface area contributed by atoms with Gasteiger partial charge in [0.15, 0.2) is 11.5 Å². The highest BCUT2D eigenvalue weighted by atomic mass is 79.9. The van der Waals surface area contributed by atoms with Crippen LogP contribution >= 0.6 is 15.9 Å². The Bertz CT molecular complexity index is 381. The van der Waals surface area contributed by atoms with E-state index < -0.39 is 11.8 Å². The zero-order valence-corrected chi connectivity index (χ0v) is 8.22. The molecule has 0 unspecified atom stereocenters. The molecule has 1 aromatic heterocycles. The summed E-state index contributed by atoms with van der Waals surface area (Å²) in [5, 5.41) is 8.62. The van der Waals surface area contributed by atoms with Gasteiger partial charge < -0.3 is 10.8 Å². The highest BCUT2D eigenvalue weighted by molar-refractivity contribution is 9.10. The summed E-state index contributed by atoms with van der Waals surface area (Å²) < 4.78 is 12.9. The molecule has 0 saturated carbocycles. The van der Waals surface area contributed by atoms with Crippen LogP contribution in [0.15, 0.2) is 4.60 Å². The lowest BCUT2D eigenvalue weighted by Crippen LogP contribution is -2.09. The smallest absolute Gasteiger partial charge is 0.356 e. The number of carboxylic acids is 1. The van der Waals surface area contributed by atoms with Gasteiger partial charge in [-0.3, -0.25) is 0 Å². The van der Waals surface area contributed by atoms with Crippen LogP contribution in [0.2, 0.25) is 0 Å². The number of carbonyl (C=O) groups is 1. The number of nitrogens with zero attached hydrogens (tertiary/aromatic N) is 1. The number of hydrogen-bond donors (Lipinski definition) is 2. The van der Waals surface area contributed by atoms with E-state index in [0.29, 0.717) is 0 Å². The van der Waals surface area contributed by atoms with E-state index >= 15 is 0 Å². The second-order valence-corrected chi connectivity index (χ2v) is 3.16. The fraction of sp³-hybridized carbons (Fsp3) is 0.143. The van der Waals surface area contributed by atoms with Crippen LogP contribution in [0.1, 0.15) is 16.1 Å². The van der Waals surface area contributed by atoms with Crippen LogP contribution in [0.3, 0.4) is 0 Å². The Morgan fingerprint density at radius 3 is 2.69 bits per heavy atom. The van der Waals surface area contributed by atoms with Crippen LogP contribution in [0.5, 0.6) is 0 Å². The number of hydrogen-bond acceptors (Lipinski definition) is 3. The Labute approximate surface area is 81.7 Å². The fourth-order valence-electron chi connectivity index (χ4n) is 0.821. The minimum Gasteiger partial charge on any atom is -0.476 e. The molecule has 0 spiro atoms. The lowest BCUT2D eigenvalue weighted by Gasteiger charge is -2.05. The van der Waals surface area contributed by atoms with Crippen LogP contribution in [-0.2, 0) is 0 Å².